The number of ether oxygens (including phenoxy) is 2. The van der Waals surface area contributed by atoms with Crippen molar-refractivity contribution in [3.05, 3.63) is 50.8 Å². The molecule has 0 spiro atoms. The van der Waals surface area contributed by atoms with Crippen LogP contribution in [0.2, 0.25) is 0 Å². The molecule has 1 saturated heterocycles. The molecule has 7 heteroatoms. The van der Waals surface area contributed by atoms with Crippen LogP contribution in [0.25, 0.3) is 0 Å². The molecule has 1 aliphatic heterocycles. The molecule has 0 radical (unpaired) electrons. The first-order valence-corrected chi connectivity index (χ1v) is 10.9. The van der Waals surface area contributed by atoms with Gasteiger partial charge in [0.25, 0.3) is 5.54 Å². The van der Waals surface area contributed by atoms with Gasteiger partial charge in [0, 0.05) is 24.4 Å². The van der Waals surface area contributed by atoms with E-state index in [-0.39, 0.29) is 17.8 Å². The largest absolute Gasteiger partial charge is 0.438 e. The van der Waals surface area contributed by atoms with Gasteiger partial charge in [0.1, 0.15) is 5.69 Å². The molecule has 29 heavy (non-hydrogen) atoms. The van der Waals surface area contributed by atoms with E-state index in [4.69, 9.17) is 13.9 Å². The molecule has 0 aromatic carbocycles. The average Bonchev–Trinajstić information content (AvgIpc) is 3.16. The van der Waals surface area contributed by atoms with Gasteiger partial charge in [-0.05, 0) is 56.1 Å². The van der Waals surface area contributed by atoms with E-state index < -0.39 is 5.54 Å². The van der Waals surface area contributed by atoms with Crippen molar-refractivity contribution in [1.82, 2.24) is 4.98 Å². The van der Waals surface area contributed by atoms with Gasteiger partial charge in [0.05, 0.1) is 13.0 Å². The van der Waals surface area contributed by atoms with E-state index in [9.17, 15) is 10.1 Å². The molecule has 158 valence electrons. The standard InChI is InChI=1S/C22H30N2O5/c1-2-7-19-23-18(15-28-20-10-5-6-13-27-20)21(29-19)22(24(25)26)12-11-16-8-3-4-9-17(16)14-22/h8-9,20H,2-7,10-15H2,1H3. The van der Waals surface area contributed by atoms with Crippen LogP contribution in [0.3, 0.4) is 0 Å². The van der Waals surface area contributed by atoms with Crippen LogP contribution in [0.1, 0.15) is 82.1 Å². The number of nitrogens with zero attached hydrogens (tertiary/aromatic N) is 2. The number of oxazole rings is 1. The third-order valence-corrected chi connectivity index (χ3v) is 6.17. The molecule has 2 heterocycles. The van der Waals surface area contributed by atoms with Crippen molar-refractivity contribution in [2.24, 2.45) is 0 Å². The minimum Gasteiger partial charge on any atom is -0.438 e. The average molecular weight is 402 g/mol. The Bertz CT molecular complexity index is 806. The Balaban J connectivity index is 1.63. The zero-order valence-corrected chi connectivity index (χ0v) is 17.2. The van der Waals surface area contributed by atoms with E-state index in [0.29, 0.717) is 49.6 Å². The van der Waals surface area contributed by atoms with Crippen LogP contribution in [0.5, 0.6) is 0 Å². The van der Waals surface area contributed by atoms with E-state index in [0.717, 1.165) is 44.1 Å². The van der Waals surface area contributed by atoms with Gasteiger partial charge in [0.15, 0.2) is 12.2 Å². The first-order chi connectivity index (χ1) is 14.1. The summed E-state index contributed by atoms with van der Waals surface area (Å²) in [6, 6.07) is 0. The fourth-order valence-electron chi connectivity index (χ4n) is 4.60. The maximum absolute atomic E-state index is 12.4. The van der Waals surface area contributed by atoms with Crippen molar-refractivity contribution in [3.63, 3.8) is 0 Å². The first-order valence-electron chi connectivity index (χ1n) is 10.9. The summed E-state index contributed by atoms with van der Waals surface area (Å²) < 4.78 is 17.6. The second-order valence-electron chi connectivity index (χ2n) is 8.24. The summed E-state index contributed by atoms with van der Waals surface area (Å²) in [6.07, 6.45) is 12.1. The smallest absolute Gasteiger partial charge is 0.284 e. The summed E-state index contributed by atoms with van der Waals surface area (Å²) in [7, 11) is 0. The summed E-state index contributed by atoms with van der Waals surface area (Å²) in [5.41, 5.74) is 1.64. The topological polar surface area (TPSA) is 87.6 Å². The van der Waals surface area contributed by atoms with Gasteiger partial charge in [-0.15, -0.1) is 0 Å². The summed E-state index contributed by atoms with van der Waals surface area (Å²) in [5.74, 6) is 0.943. The van der Waals surface area contributed by atoms with E-state index in [2.05, 4.69) is 17.1 Å². The molecule has 1 aromatic rings. The van der Waals surface area contributed by atoms with Crippen molar-refractivity contribution in [2.75, 3.05) is 6.61 Å². The number of nitro groups is 1. The predicted molar refractivity (Wildman–Crippen MR) is 107 cm³/mol. The van der Waals surface area contributed by atoms with Crippen LogP contribution < -0.4 is 0 Å². The number of rotatable bonds is 7. The van der Waals surface area contributed by atoms with Gasteiger partial charge in [-0.25, -0.2) is 4.98 Å². The number of hydrogen-bond donors (Lipinski definition) is 0. The van der Waals surface area contributed by atoms with E-state index in [1.54, 1.807) is 0 Å². The van der Waals surface area contributed by atoms with Crippen LogP contribution in [0, 0.1) is 10.1 Å². The summed E-state index contributed by atoms with van der Waals surface area (Å²) in [5, 5.41) is 12.4. The molecule has 2 aliphatic carbocycles. The van der Waals surface area contributed by atoms with Crippen LogP contribution in [0.4, 0.5) is 0 Å². The number of aryl methyl sites for hydroxylation is 1. The highest BCUT2D eigenvalue weighted by Crippen LogP contribution is 2.47. The predicted octanol–water partition coefficient (Wildman–Crippen LogP) is 4.97. The lowest BCUT2D eigenvalue weighted by Crippen LogP contribution is -2.39. The molecule has 1 saturated carbocycles. The SMILES string of the molecule is CCCc1nc(COC2CCCCO2)c(C2([N+](=O)[O-])CCC3=CCCC=C3C2)o1. The third-order valence-electron chi connectivity index (χ3n) is 6.17. The molecule has 0 N–H and O–H groups in total. The molecular formula is C22H30N2O5. The van der Waals surface area contributed by atoms with Gasteiger partial charge in [-0.3, -0.25) is 10.1 Å². The minimum atomic E-state index is -1.27. The molecule has 0 amide bonds. The molecule has 1 aromatic heterocycles. The molecule has 2 fully saturated rings. The number of allylic oxidation sites excluding steroid dienone is 3. The van der Waals surface area contributed by atoms with Crippen molar-refractivity contribution in [2.45, 2.75) is 89.6 Å². The number of hydrogen-bond acceptors (Lipinski definition) is 6. The second-order valence-corrected chi connectivity index (χ2v) is 8.24. The normalized spacial score (nSPS) is 27.1. The quantitative estimate of drug-likeness (QED) is 0.472. The monoisotopic (exact) mass is 402 g/mol. The molecule has 4 rings (SSSR count). The second kappa shape index (κ2) is 8.79. The van der Waals surface area contributed by atoms with E-state index in [1.165, 1.54) is 5.57 Å². The molecule has 0 bridgehead atoms. The molecule has 3 aliphatic rings. The Morgan fingerprint density at radius 1 is 1.31 bits per heavy atom. The van der Waals surface area contributed by atoms with Crippen LogP contribution >= 0.6 is 0 Å². The highest BCUT2D eigenvalue weighted by Gasteiger charge is 2.53. The Morgan fingerprint density at radius 2 is 2.14 bits per heavy atom. The first kappa shape index (κ1) is 20.3. The van der Waals surface area contributed by atoms with Crippen molar-refractivity contribution in [3.8, 4) is 0 Å². The number of fused-ring (bicyclic) bond motifs is 1. The zero-order chi connectivity index (χ0) is 20.3. The maximum Gasteiger partial charge on any atom is 0.284 e. The van der Waals surface area contributed by atoms with E-state index in [1.807, 2.05) is 6.92 Å². The molecule has 7 nitrogen and oxygen atoms in total. The van der Waals surface area contributed by atoms with Gasteiger partial charge >= 0.3 is 0 Å². The highest BCUT2D eigenvalue weighted by molar-refractivity contribution is 5.39. The van der Waals surface area contributed by atoms with Crippen LogP contribution in [0.15, 0.2) is 27.7 Å². The summed E-state index contributed by atoms with van der Waals surface area (Å²) in [4.78, 5) is 16.8. The molecule has 2 unspecified atom stereocenters. The minimum absolute atomic E-state index is 0.157. The van der Waals surface area contributed by atoms with Crippen molar-refractivity contribution < 1.29 is 18.8 Å². The Labute approximate surface area is 171 Å². The fourth-order valence-corrected chi connectivity index (χ4v) is 4.60. The lowest BCUT2D eigenvalue weighted by atomic mass is 9.73. The van der Waals surface area contributed by atoms with Crippen molar-refractivity contribution in [1.29, 1.82) is 0 Å². The summed E-state index contributed by atoms with van der Waals surface area (Å²) in [6.45, 7) is 2.92. The summed E-state index contributed by atoms with van der Waals surface area (Å²) >= 11 is 0. The highest BCUT2D eigenvalue weighted by atomic mass is 16.7. The molecular weight excluding hydrogens is 372 g/mol. The zero-order valence-electron chi connectivity index (χ0n) is 17.2. The van der Waals surface area contributed by atoms with Gasteiger partial charge in [0.2, 0.25) is 5.76 Å². The van der Waals surface area contributed by atoms with Crippen LogP contribution in [-0.2, 0) is 28.0 Å². The number of aromatic nitrogens is 1. The molecule has 2 atom stereocenters. The lowest BCUT2D eigenvalue weighted by molar-refractivity contribution is -0.585. The third kappa shape index (κ3) is 4.16. The van der Waals surface area contributed by atoms with Crippen LogP contribution in [-0.4, -0.2) is 22.8 Å². The van der Waals surface area contributed by atoms with Gasteiger partial charge in [-0.1, -0.05) is 19.1 Å². The van der Waals surface area contributed by atoms with Gasteiger partial charge < -0.3 is 13.9 Å². The van der Waals surface area contributed by atoms with Crippen molar-refractivity contribution >= 4 is 0 Å². The lowest BCUT2D eigenvalue weighted by Gasteiger charge is -2.32. The fraction of sp³-hybridized carbons (Fsp3) is 0.682. The Hall–Kier alpha value is -1.99. The Morgan fingerprint density at radius 3 is 2.86 bits per heavy atom. The maximum atomic E-state index is 12.4. The van der Waals surface area contributed by atoms with Gasteiger partial charge in [-0.2, -0.15) is 0 Å². The van der Waals surface area contributed by atoms with E-state index >= 15 is 0 Å². The Kier molecular flexibility index (Phi) is 6.15.